The van der Waals surface area contributed by atoms with E-state index in [4.69, 9.17) is 0 Å². The van der Waals surface area contributed by atoms with Gasteiger partial charge < -0.3 is 5.32 Å². The number of carbonyl (C=O) groups is 3. The molecule has 0 saturated carbocycles. The number of halogens is 1. The van der Waals surface area contributed by atoms with E-state index in [9.17, 15) is 14.4 Å². The molecule has 1 aliphatic heterocycles. The molecule has 0 unspecified atom stereocenters. The number of hydrogen-bond acceptors (Lipinski definition) is 6. The number of nitrogens with one attached hydrogen (secondary N) is 2. The summed E-state index contributed by atoms with van der Waals surface area (Å²) >= 11 is 5.02. The number of fused-ring (bicyclic) bond motifs is 1. The highest BCUT2D eigenvalue weighted by Crippen LogP contribution is 2.32. The smallest absolute Gasteiger partial charge is 0.259 e. The molecule has 174 valence electrons. The Morgan fingerprint density at radius 3 is 2.46 bits per heavy atom. The predicted molar refractivity (Wildman–Crippen MR) is 137 cm³/mol. The monoisotopic (exact) mass is 547 g/mol. The van der Waals surface area contributed by atoms with Crippen LogP contribution < -0.4 is 10.6 Å². The minimum Gasteiger partial charge on any atom is -0.326 e. The molecule has 35 heavy (non-hydrogen) atoms. The third kappa shape index (κ3) is 4.75. The quantitative estimate of drug-likeness (QED) is 0.256. The number of carbonyl (C=O) groups excluding carboxylic acids is 3. The van der Waals surface area contributed by atoms with Gasteiger partial charge >= 0.3 is 0 Å². The molecule has 0 atom stereocenters. The summed E-state index contributed by atoms with van der Waals surface area (Å²) in [6.45, 7) is 0. The van der Waals surface area contributed by atoms with E-state index in [1.165, 1.54) is 23.9 Å². The van der Waals surface area contributed by atoms with Gasteiger partial charge in [-0.25, -0.2) is 0 Å². The van der Waals surface area contributed by atoms with E-state index in [0.717, 1.165) is 15.7 Å². The van der Waals surface area contributed by atoms with E-state index in [1.807, 2.05) is 59.2 Å². The van der Waals surface area contributed by atoms with Crippen molar-refractivity contribution in [2.45, 2.75) is 11.6 Å². The second-order valence-corrected chi connectivity index (χ2v) is 9.56. The second kappa shape index (κ2) is 9.85. The Hall–Kier alpha value is -3.76. The lowest BCUT2D eigenvalue weighted by atomic mass is 10.1. The van der Waals surface area contributed by atoms with Crippen molar-refractivity contribution in [1.82, 2.24) is 20.1 Å². The van der Waals surface area contributed by atoms with Crippen molar-refractivity contribution < 1.29 is 14.4 Å². The number of amides is 3. The number of nitrogens with zero attached hydrogens (tertiary/aromatic N) is 3. The lowest BCUT2D eigenvalue weighted by molar-refractivity contribution is -0.115. The fourth-order valence-electron chi connectivity index (χ4n) is 3.69. The molecular weight excluding hydrogens is 530 g/mol. The van der Waals surface area contributed by atoms with Gasteiger partial charge in [-0.1, -0.05) is 64.1 Å². The average Bonchev–Trinajstić information content (AvgIpc) is 3.40. The van der Waals surface area contributed by atoms with Crippen molar-refractivity contribution in [3.8, 4) is 17.1 Å². The van der Waals surface area contributed by atoms with E-state index < -0.39 is 11.8 Å². The average molecular weight is 548 g/mol. The molecule has 3 amide bonds. The zero-order valence-corrected chi connectivity index (χ0v) is 20.6. The molecule has 1 aliphatic rings. The zero-order valence-electron chi connectivity index (χ0n) is 18.2. The third-order valence-corrected chi connectivity index (χ3v) is 6.96. The molecule has 5 rings (SSSR count). The van der Waals surface area contributed by atoms with Crippen LogP contribution in [0.1, 0.15) is 27.1 Å². The highest BCUT2D eigenvalue weighted by atomic mass is 79.9. The van der Waals surface area contributed by atoms with Crippen molar-refractivity contribution >= 4 is 51.1 Å². The Morgan fingerprint density at radius 2 is 1.66 bits per heavy atom. The molecule has 0 saturated heterocycles. The van der Waals surface area contributed by atoms with Crippen LogP contribution in [0.3, 0.4) is 0 Å². The first-order valence-electron chi connectivity index (χ1n) is 10.7. The van der Waals surface area contributed by atoms with Crippen LogP contribution in [0.15, 0.2) is 82.4 Å². The maximum Gasteiger partial charge on any atom is 0.259 e. The van der Waals surface area contributed by atoms with Crippen molar-refractivity contribution in [2.75, 3.05) is 11.1 Å². The maximum atomic E-state index is 12.5. The minimum absolute atomic E-state index is 0.209. The SMILES string of the molecule is O=C(CCSc1nnc(-c2ccccc2Br)n1-c1ccccc1)Nc1ccc2c(c1)C(=O)NC2=O. The molecule has 0 fully saturated rings. The van der Waals surface area contributed by atoms with E-state index in [1.54, 1.807) is 6.07 Å². The Balaban J connectivity index is 1.30. The van der Waals surface area contributed by atoms with Gasteiger partial charge in [-0.2, -0.15) is 0 Å². The summed E-state index contributed by atoms with van der Waals surface area (Å²) in [5, 5.41) is 14.5. The van der Waals surface area contributed by atoms with Gasteiger partial charge in [0.2, 0.25) is 5.91 Å². The first-order chi connectivity index (χ1) is 17.0. The number of hydrogen-bond donors (Lipinski definition) is 2. The van der Waals surface area contributed by atoms with Crippen LogP contribution in [0.4, 0.5) is 5.69 Å². The van der Waals surface area contributed by atoms with Gasteiger partial charge in [0.25, 0.3) is 11.8 Å². The van der Waals surface area contributed by atoms with E-state index in [-0.39, 0.29) is 17.9 Å². The highest BCUT2D eigenvalue weighted by Gasteiger charge is 2.26. The molecule has 8 nitrogen and oxygen atoms in total. The van der Waals surface area contributed by atoms with Gasteiger partial charge in [0.05, 0.1) is 11.1 Å². The molecule has 0 bridgehead atoms. The third-order valence-electron chi connectivity index (χ3n) is 5.34. The maximum absolute atomic E-state index is 12.5. The molecule has 2 N–H and O–H groups in total. The summed E-state index contributed by atoms with van der Waals surface area (Å²) in [5.41, 5.74) is 2.86. The van der Waals surface area contributed by atoms with Gasteiger partial charge in [-0.15, -0.1) is 10.2 Å². The van der Waals surface area contributed by atoms with Gasteiger partial charge in [0.15, 0.2) is 11.0 Å². The number of thioether (sulfide) groups is 1. The Bertz CT molecular complexity index is 1450. The largest absolute Gasteiger partial charge is 0.326 e. The molecule has 0 radical (unpaired) electrons. The van der Waals surface area contributed by atoms with Crippen molar-refractivity contribution in [3.63, 3.8) is 0 Å². The van der Waals surface area contributed by atoms with Gasteiger partial charge in [-0.05, 0) is 36.4 Å². The van der Waals surface area contributed by atoms with Crippen LogP contribution in [0.25, 0.3) is 17.1 Å². The Kier molecular flexibility index (Phi) is 6.47. The second-order valence-electron chi connectivity index (χ2n) is 7.65. The van der Waals surface area contributed by atoms with Gasteiger partial charge in [-0.3, -0.25) is 24.3 Å². The van der Waals surface area contributed by atoms with Crippen LogP contribution in [0, 0.1) is 0 Å². The first kappa shape index (κ1) is 23.0. The van der Waals surface area contributed by atoms with Crippen molar-refractivity contribution in [3.05, 3.63) is 88.4 Å². The van der Waals surface area contributed by atoms with E-state index in [0.29, 0.717) is 28.0 Å². The minimum atomic E-state index is -0.460. The van der Waals surface area contributed by atoms with Crippen LogP contribution in [-0.4, -0.2) is 38.2 Å². The summed E-state index contributed by atoms with van der Waals surface area (Å²) < 4.78 is 2.88. The predicted octanol–water partition coefficient (Wildman–Crippen LogP) is 4.70. The molecule has 2 heterocycles. The van der Waals surface area contributed by atoms with Crippen molar-refractivity contribution in [1.29, 1.82) is 0 Å². The molecule has 3 aromatic carbocycles. The van der Waals surface area contributed by atoms with Crippen molar-refractivity contribution in [2.24, 2.45) is 0 Å². The molecular formula is C25H18BrN5O3S. The number of anilines is 1. The zero-order chi connectivity index (χ0) is 24.4. The molecule has 10 heteroatoms. The fourth-order valence-corrected chi connectivity index (χ4v) is 5.05. The molecule has 1 aromatic heterocycles. The van der Waals surface area contributed by atoms with Crippen LogP contribution in [0.2, 0.25) is 0 Å². The van der Waals surface area contributed by atoms with Crippen LogP contribution >= 0.6 is 27.7 Å². The van der Waals surface area contributed by atoms with Crippen LogP contribution in [0.5, 0.6) is 0 Å². The summed E-state index contributed by atoms with van der Waals surface area (Å²) in [7, 11) is 0. The normalized spacial score (nSPS) is 12.4. The lowest BCUT2D eigenvalue weighted by Gasteiger charge is -2.11. The van der Waals surface area contributed by atoms with Gasteiger partial charge in [0, 0.05) is 33.6 Å². The van der Waals surface area contributed by atoms with E-state index in [2.05, 4.69) is 36.8 Å². The topological polar surface area (TPSA) is 106 Å². The summed E-state index contributed by atoms with van der Waals surface area (Å²) in [5.74, 6) is 0.0680. The number of imide groups is 1. The first-order valence-corrected chi connectivity index (χ1v) is 12.5. The Labute approximate surface area is 213 Å². The molecule has 0 spiro atoms. The summed E-state index contributed by atoms with van der Waals surface area (Å²) in [6.07, 6.45) is 0.221. The van der Waals surface area contributed by atoms with Gasteiger partial charge in [0.1, 0.15) is 0 Å². The summed E-state index contributed by atoms with van der Waals surface area (Å²) in [4.78, 5) is 36.1. The van der Waals surface area contributed by atoms with E-state index >= 15 is 0 Å². The number of aromatic nitrogens is 3. The summed E-state index contributed by atoms with van der Waals surface area (Å²) in [6, 6.07) is 22.3. The molecule has 4 aromatic rings. The lowest BCUT2D eigenvalue weighted by Crippen LogP contribution is -2.19. The number of benzene rings is 3. The standard InChI is InChI=1S/C25H18BrN5O3S/c26-20-9-5-4-8-18(20)22-29-30-25(31(22)16-6-2-1-3-7-16)35-13-12-21(32)27-15-10-11-17-19(14-15)24(34)28-23(17)33/h1-11,14H,12-13H2,(H,27,32)(H,28,33,34). The highest BCUT2D eigenvalue weighted by molar-refractivity contribution is 9.10. The number of rotatable bonds is 7. The Morgan fingerprint density at radius 1 is 0.914 bits per heavy atom. The van der Waals surface area contributed by atoms with Crippen LogP contribution in [-0.2, 0) is 4.79 Å². The fraction of sp³-hybridized carbons (Fsp3) is 0.0800. The molecule has 0 aliphatic carbocycles. The number of para-hydroxylation sites is 1.